The molecule has 0 aliphatic carbocycles. The number of nitrogens with one attached hydrogen (secondary N) is 1. The predicted molar refractivity (Wildman–Crippen MR) is 97.5 cm³/mol. The van der Waals surface area contributed by atoms with Crippen LogP contribution >= 0.6 is 0 Å². The molecule has 0 aromatic carbocycles. The Hall–Kier alpha value is -1.15. The Kier molecular flexibility index (Phi) is 6.55. The van der Waals surface area contributed by atoms with E-state index in [9.17, 15) is 8.78 Å². The molecule has 1 aromatic rings. The third-order valence-electron chi connectivity index (χ3n) is 5.87. The molecule has 3 heterocycles. The van der Waals surface area contributed by atoms with Gasteiger partial charge >= 0.3 is 0 Å². The van der Waals surface area contributed by atoms with Crippen LogP contribution in [0.1, 0.15) is 43.5 Å². The molecule has 2 aliphatic rings. The molecule has 3 rings (SSSR count). The molecule has 5 nitrogen and oxygen atoms in total. The summed E-state index contributed by atoms with van der Waals surface area (Å²) in [4.78, 5) is 8.86. The predicted octanol–water partition coefficient (Wildman–Crippen LogP) is 2.47. The smallest absolute Gasteiger partial charge is 0.280 e. The van der Waals surface area contributed by atoms with Crippen LogP contribution in [-0.4, -0.2) is 73.3 Å². The topological polar surface area (TPSA) is 40.6 Å². The molecule has 0 spiro atoms. The number of pyridine rings is 1. The molecule has 1 atom stereocenters. The average Bonchev–Trinajstić information content (AvgIpc) is 2.68. The third kappa shape index (κ3) is 4.57. The zero-order chi connectivity index (χ0) is 18.6. The summed E-state index contributed by atoms with van der Waals surface area (Å²) in [6.07, 6.45) is 1.31. The standard InChI is InChI=1S/C19H30F2N4O/c1-15(16-3-4-17(18(20)21)22-13-16)23-14-19(5-7-24(2)8-6-19)25-9-11-26-12-10-25/h3-4,13,15,18,23H,5-12,14H2,1-2H3. The minimum Gasteiger partial charge on any atom is -0.379 e. The van der Waals surface area contributed by atoms with Crippen molar-refractivity contribution in [3.05, 3.63) is 29.6 Å². The lowest BCUT2D eigenvalue weighted by atomic mass is 9.84. The van der Waals surface area contributed by atoms with Gasteiger partial charge in [0.1, 0.15) is 5.69 Å². The molecule has 146 valence electrons. The second-order valence-corrected chi connectivity index (χ2v) is 7.55. The van der Waals surface area contributed by atoms with E-state index in [1.807, 2.05) is 0 Å². The largest absolute Gasteiger partial charge is 0.379 e. The molecule has 1 unspecified atom stereocenters. The highest BCUT2D eigenvalue weighted by molar-refractivity contribution is 5.18. The van der Waals surface area contributed by atoms with Crippen LogP contribution in [0.3, 0.4) is 0 Å². The van der Waals surface area contributed by atoms with E-state index >= 15 is 0 Å². The Morgan fingerprint density at radius 2 is 1.88 bits per heavy atom. The summed E-state index contributed by atoms with van der Waals surface area (Å²) in [5.74, 6) is 0. The van der Waals surface area contributed by atoms with Crippen molar-refractivity contribution < 1.29 is 13.5 Å². The first-order valence-corrected chi connectivity index (χ1v) is 9.49. The van der Waals surface area contributed by atoms with Crippen LogP contribution in [0.25, 0.3) is 0 Å². The maximum atomic E-state index is 12.7. The van der Waals surface area contributed by atoms with Crippen molar-refractivity contribution in [2.45, 2.75) is 37.8 Å². The molecular weight excluding hydrogens is 338 g/mol. The third-order valence-corrected chi connectivity index (χ3v) is 5.87. The lowest BCUT2D eigenvalue weighted by Crippen LogP contribution is -2.62. The molecular formula is C19H30F2N4O. The summed E-state index contributed by atoms with van der Waals surface area (Å²) < 4.78 is 30.9. The molecule has 1 N–H and O–H groups in total. The van der Waals surface area contributed by atoms with Gasteiger partial charge in [0.05, 0.1) is 13.2 Å². The second kappa shape index (κ2) is 8.69. The average molecular weight is 368 g/mol. The summed E-state index contributed by atoms with van der Waals surface area (Å²) in [6.45, 7) is 8.70. The van der Waals surface area contributed by atoms with Crippen molar-refractivity contribution in [2.75, 3.05) is 53.0 Å². The van der Waals surface area contributed by atoms with Gasteiger partial charge in [-0.3, -0.25) is 9.88 Å². The van der Waals surface area contributed by atoms with E-state index in [1.165, 1.54) is 6.07 Å². The summed E-state index contributed by atoms with van der Waals surface area (Å²) in [6, 6.07) is 3.25. The van der Waals surface area contributed by atoms with Gasteiger partial charge in [-0.25, -0.2) is 8.78 Å². The van der Waals surface area contributed by atoms with E-state index in [1.54, 1.807) is 12.3 Å². The van der Waals surface area contributed by atoms with Crippen molar-refractivity contribution in [3.63, 3.8) is 0 Å². The number of nitrogens with zero attached hydrogens (tertiary/aromatic N) is 3. The van der Waals surface area contributed by atoms with Gasteiger partial charge in [-0.2, -0.15) is 0 Å². The van der Waals surface area contributed by atoms with Crippen LogP contribution in [0, 0.1) is 0 Å². The Balaban J connectivity index is 1.65. The highest BCUT2D eigenvalue weighted by atomic mass is 19.3. The molecule has 1 aromatic heterocycles. The van der Waals surface area contributed by atoms with E-state index in [4.69, 9.17) is 4.74 Å². The zero-order valence-electron chi connectivity index (χ0n) is 15.8. The monoisotopic (exact) mass is 368 g/mol. The normalized spacial score (nSPS) is 23.3. The first-order valence-electron chi connectivity index (χ1n) is 9.49. The van der Waals surface area contributed by atoms with Crippen molar-refractivity contribution in [2.24, 2.45) is 0 Å². The SMILES string of the molecule is CC(NCC1(N2CCOCC2)CCN(C)CC1)c1ccc(C(F)F)nc1. The van der Waals surface area contributed by atoms with Crippen LogP contribution in [-0.2, 0) is 4.74 Å². The van der Waals surface area contributed by atoms with Crippen LogP contribution in [0.5, 0.6) is 0 Å². The maximum Gasteiger partial charge on any atom is 0.280 e. The maximum absolute atomic E-state index is 12.7. The molecule has 0 amide bonds. The number of ether oxygens (including phenoxy) is 1. The molecule has 0 saturated carbocycles. The van der Waals surface area contributed by atoms with E-state index in [0.29, 0.717) is 0 Å². The van der Waals surface area contributed by atoms with Gasteiger partial charge in [-0.1, -0.05) is 6.07 Å². The number of morpholine rings is 1. The number of hydrogen-bond donors (Lipinski definition) is 1. The Bertz CT molecular complexity index is 555. The molecule has 2 saturated heterocycles. The first kappa shape index (κ1) is 19.6. The van der Waals surface area contributed by atoms with Gasteiger partial charge in [-0.15, -0.1) is 0 Å². The minimum absolute atomic E-state index is 0.0757. The highest BCUT2D eigenvalue weighted by Gasteiger charge is 2.39. The number of rotatable bonds is 6. The van der Waals surface area contributed by atoms with E-state index < -0.39 is 6.43 Å². The fourth-order valence-electron chi connectivity index (χ4n) is 3.94. The summed E-state index contributed by atoms with van der Waals surface area (Å²) in [7, 11) is 2.18. The van der Waals surface area contributed by atoms with E-state index in [-0.39, 0.29) is 17.3 Å². The lowest BCUT2D eigenvalue weighted by Gasteiger charge is -2.50. The van der Waals surface area contributed by atoms with Gasteiger partial charge in [0, 0.05) is 37.4 Å². The quantitative estimate of drug-likeness (QED) is 0.835. The molecule has 0 radical (unpaired) electrons. The number of piperidine rings is 1. The van der Waals surface area contributed by atoms with Gasteiger partial charge in [0.2, 0.25) is 0 Å². The van der Waals surface area contributed by atoms with Gasteiger partial charge < -0.3 is 15.0 Å². The Labute approximate surface area is 154 Å². The van der Waals surface area contributed by atoms with E-state index in [0.717, 1.165) is 64.3 Å². The molecule has 26 heavy (non-hydrogen) atoms. The number of halogens is 2. The van der Waals surface area contributed by atoms with Crippen LogP contribution in [0.15, 0.2) is 18.3 Å². The van der Waals surface area contributed by atoms with Crippen molar-refractivity contribution in [1.82, 2.24) is 20.1 Å². The molecule has 2 aliphatic heterocycles. The zero-order valence-corrected chi connectivity index (χ0v) is 15.8. The Morgan fingerprint density at radius 3 is 2.46 bits per heavy atom. The van der Waals surface area contributed by atoms with Gasteiger partial charge in [-0.05, 0) is 51.5 Å². The van der Waals surface area contributed by atoms with Crippen molar-refractivity contribution >= 4 is 0 Å². The fraction of sp³-hybridized carbons (Fsp3) is 0.737. The van der Waals surface area contributed by atoms with Crippen LogP contribution in [0.2, 0.25) is 0 Å². The number of aromatic nitrogens is 1. The van der Waals surface area contributed by atoms with Crippen LogP contribution in [0.4, 0.5) is 8.78 Å². The molecule has 2 fully saturated rings. The van der Waals surface area contributed by atoms with Crippen molar-refractivity contribution in [1.29, 1.82) is 0 Å². The molecule has 0 bridgehead atoms. The number of likely N-dealkylation sites (tertiary alicyclic amines) is 1. The number of hydrogen-bond acceptors (Lipinski definition) is 5. The lowest BCUT2D eigenvalue weighted by molar-refractivity contribution is -0.0454. The van der Waals surface area contributed by atoms with Crippen LogP contribution < -0.4 is 5.32 Å². The van der Waals surface area contributed by atoms with E-state index in [2.05, 4.69) is 34.1 Å². The highest BCUT2D eigenvalue weighted by Crippen LogP contribution is 2.30. The first-order chi connectivity index (χ1) is 12.5. The van der Waals surface area contributed by atoms with Gasteiger partial charge in [0.25, 0.3) is 6.43 Å². The number of alkyl halides is 2. The summed E-state index contributed by atoms with van der Waals surface area (Å²) in [5.41, 5.74) is 0.918. The summed E-state index contributed by atoms with van der Waals surface area (Å²) in [5, 5.41) is 3.64. The minimum atomic E-state index is -2.52. The second-order valence-electron chi connectivity index (χ2n) is 7.55. The fourth-order valence-corrected chi connectivity index (χ4v) is 3.94. The van der Waals surface area contributed by atoms with Crippen molar-refractivity contribution in [3.8, 4) is 0 Å². The van der Waals surface area contributed by atoms with Gasteiger partial charge in [0.15, 0.2) is 0 Å². The summed E-state index contributed by atoms with van der Waals surface area (Å²) >= 11 is 0. The Morgan fingerprint density at radius 1 is 1.19 bits per heavy atom. The molecule has 7 heteroatoms.